The highest BCUT2D eigenvalue weighted by Crippen LogP contribution is 2.30. The van der Waals surface area contributed by atoms with Crippen molar-refractivity contribution in [2.24, 2.45) is 0 Å². The summed E-state index contributed by atoms with van der Waals surface area (Å²) in [4.78, 5) is 21.9. The topological polar surface area (TPSA) is 112 Å². The summed E-state index contributed by atoms with van der Waals surface area (Å²) in [6.07, 6.45) is 6.86. The number of pyridine rings is 2. The number of likely N-dealkylation sites (N-methyl/N-ethyl adjacent to an activating group) is 1. The van der Waals surface area contributed by atoms with E-state index in [-0.39, 0.29) is 0 Å². The number of anilines is 3. The first-order valence-electron chi connectivity index (χ1n) is 11.7. The lowest BCUT2D eigenvalue weighted by Crippen LogP contribution is -2.54. The Morgan fingerprint density at radius 1 is 1.12 bits per heavy atom. The maximum Gasteiger partial charge on any atom is 0.131 e. The van der Waals surface area contributed by atoms with Gasteiger partial charge in [-0.05, 0) is 38.1 Å². The Morgan fingerprint density at radius 3 is 2.76 bits per heavy atom. The highest BCUT2D eigenvalue weighted by Gasteiger charge is 2.35. The van der Waals surface area contributed by atoms with Gasteiger partial charge in [-0.3, -0.25) is 9.97 Å². The zero-order valence-corrected chi connectivity index (χ0v) is 19.9. The third kappa shape index (κ3) is 6.28. The number of aliphatic hydroxyl groups is 1. The number of fused-ring (bicyclic) bond motifs is 1. The molecule has 0 saturated carbocycles. The number of nitrogens with one attached hydrogen (secondary N) is 2. The molecule has 1 unspecified atom stereocenters. The molecule has 0 aliphatic carbocycles. The van der Waals surface area contributed by atoms with Crippen LogP contribution in [-0.4, -0.2) is 95.6 Å². The number of nitrogens with zero attached hydrogens (tertiary/aromatic N) is 6. The van der Waals surface area contributed by atoms with Crippen molar-refractivity contribution in [1.82, 2.24) is 24.8 Å². The summed E-state index contributed by atoms with van der Waals surface area (Å²) < 4.78 is 5.05. The van der Waals surface area contributed by atoms with Crippen LogP contribution in [-0.2, 0) is 4.74 Å². The van der Waals surface area contributed by atoms with Gasteiger partial charge in [-0.1, -0.05) is 0 Å². The molecule has 1 aliphatic rings. The molecule has 3 N–H and O–H groups in total. The molecule has 3 aromatic rings. The Labute approximate surface area is 200 Å². The highest BCUT2D eigenvalue weighted by molar-refractivity contribution is 5.87. The monoisotopic (exact) mass is 466 g/mol. The first-order chi connectivity index (χ1) is 16.6. The summed E-state index contributed by atoms with van der Waals surface area (Å²) in [6, 6.07) is 7.75. The minimum Gasteiger partial charge on any atom is -0.387 e. The minimum absolute atomic E-state index is 0.572. The van der Waals surface area contributed by atoms with Gasteiger partial charge in [-0.25, -0.2) is 9.97 Å². The molecule has 1 saturated heterocycles. The van der Waals surface area contributed by atoms with Crippen molar-refractivity contribution >= 4 is 28.4 Å². The summed E-state index contributed by atoms with van der Waals surface area (Å²) in [7, 11) is 3.71. The zero-order valence-electron chi connectivity index (χ0n) is 19.9. The molecule has 4 rings (SSSR count). The molecule has 1 aliphatic heterocycles. The van der Waals surface area contributed by atoms with E-state index >= 15 is 0 Å². The van der Waals surface area contributed by atoms with E-state index in [2.05, 4.69) is 40.4 Å². The lowest BCUT2D eigenvalue weighted by molar-refractivity contribution is -0.000717. The van der Waals surface area contributed by atoms with Gasteiger partial charge >= 0.3 is 0 Å². The summed E-state index contributed by atoms with van der Waals surface area (Å²) in [6.45, 7) is 4.86. The Balaban J connectivity index is 1.29. The van der Waals surface area contributed by atoms with Crippen molar-refractivity contribution in [3.8, 4) is 0 Å². The lowest BCUT2D eigenvalue weighted by atomic mass is 9.91. The van der Waals surface area contributed by atoms with E-state index in [1.165, 1.54) is 6.33 Å². The van der Waals surface area contributed by atoms with Crippen LogP contribution in [0.5, 0.6) is 0 Å². The van der Waals surface area contributed by atoms with E-state index in [4.69, 9.17) is 4.74 Å². The van der Waals surface area contributed by atoms with Crippen LogP contribution < -0.4 is 15.5 Å². The number of methoxy groups -OCH3 is 1. The lowest BCUT2D eigenvalue weighted by Gasteiger charge is -2.42. The van der Waals surface area contributed by atoms with Crippen LogP contribution >= 0.6 is 0 Å². The largest absolute Gasteiger partial charge is 0.387 e. The molecule has 1 atom stereocenters. The molecular formula is C24H34N8O2. The second-order valence-electron chi connectivity index (χ2n) is 8.82. The number of ether oxygens (including phenoxy) is 1. The highest BCUT2D eigenvalue weighted by atomic mass is 16.5. The molecule has 4 heterocycles. The van der Waals surface area contributed by atoms with Gasteiger partial charge in [0.1, 0.15) is 23.5 Å². The van der Waals surface area contributed by atoms with Gasteiger partial charge in [0.2, 0.25) is 0 Å². The average Bonchev–Trinajstić information content (AvgIpc) is 2.84. The van der Waals surface area contributed by atoms with Crippen molar-refractivity contribution in [1.29, 1.82) is 0 Å². The van der Waals surface area contributed by atoms with E-state index in [1.807, 2.05) is 37.5 Å². The number of hydrogen-bond donors (Lipinski definition) is 3. The number of piperidine rings is 1. The fourth-order valence-electron chi connectivity index (χ4n) is 4.46. The summed E-state index contributed by atoms with van der Waals surface area (Å²) in [5, 5.41) is 18.0. The van der Waals surface area contributed by atoms with Crippen LogP contribution in [0.4, 0.5) is 17.3 Å². The van der Waals surface area contributed by atoms with Crippen molar-refractivity contribution in [2.75, 3.05) is 75.6 Å². The molecule has 34 heavy (non-hydrogen) atoms. The smallest absolute Gasteiger partial charge is 0.131 e. The Kier molecular flexibility index (Phi) is 8.04. The third-order valence-corrected chi connectivity index (χ3v) is 6.01. The second kappa shape index (κ2) is 11.4. The molecular weight excluding hydrogens is 432 g/mol. The number of hydrogen-bond acceptors (Lipinski definition) is 10. The molecule has 0 aromatic carbocycles. The predicted octanol–water partition coefficient (Wildman–Crippen LogP) is 1.85. The van der Waals surface area contributed by atoms with E-state index in [0.717, 1.165) is 54.3 Å². The summed E-state index contributed by atoms with van der Waals surface area (Å²) in [5.41, 5.74) is 2.00. The quantitative estimate of drug-likeness (QED) is 0.362. The molecule has 0 radical (unpaired) electrons. The molecule has 182 valence electrons. The van der Waals surface area contributed by atoms with Crippen molar-refractivity contribution in [2.45, 2.75) is 18.4 Å². The number of aromatic nitrogens is 4. The van der Waals surface area contributed by atoms with Gasteiger partial charge in [-0.2, -0.15) is 0 Å². The van der Waals surface area contributed by atoms with E-state index in [1.54, 1.807) is 13.3 Å². The third-order valence-electron chi connectivity index (χ3n) is 6.01. The van der Waals surface area contributed by atoms with E-state index in [9.17, 15) is 5.11 Å². The molecule has 0 amide bonds. The van der Waals surface area contributed by atoms with Crippen LogP contribution in [0, 0.1) is 0 Å². The van der Waals surface area contributed by atoms with Crippen molar-refractivity contribution in [3.05, 3.63) is 43.0 Å². The molecule has 10 heteroatoms. The van der Waals surface area contributed by atoms with Gasteiger partial charge in [0.25, 0.3) is 0 Å². The van der Waals surface area contributed by atoms with Crippen molar-refractivity contribution < 1.29 is 9.84 Å². The molecule has 10 nitrogen and oxygen atoms in total. The van der Waals surface area contributed by atoms with Crippen LogP contribution in [0.2, 0.25) is 0 Å². The summed E-state index contributed by atoms with van der Waals surface area (Å²) in [5.74, 6) is 1.53. The predicted molar refractivity (Wildman–Crippen MR) is 134 cm³/mol. The SMILES string of the molecule is COCCNc1cc(NCCN(C)CC2(O)CCCN(c3ccnc4cccnc34)C2)ncn1. The van der Waals surface area contributed by atoms with Gasteiger partial charge in [0, 0.05) is 64.8 Å². The fourth-order valence-corrected chi connectivity index (χ4v) is 4.46. The van der Waals surface area contributed by atoms with Crippen LogP contribution in [0.15, 0.2) is 43.0 Å². The Bertz CT molecular complexity index is 1060. The average molecular weight is 467 g/mol. The minimum atomic E-state index is -0.787. The van der Waals surface area contributed by atoms with Crippen molar-refractivity contribution in [3.63, 3.8) is 0 Å². The molecule has 3 aromatic heterocycles. The first kappa shape index (κ1) is 24.1. The van der Waals surface area contributed by atoms with Crippen LogP contribution in [0.3, 0.4) is 0 Å². The number of β-amino-alcohol motifs (C(OH)–C–C–N with tert-alkyl or cyclic N) is 1. The molecule has 1 fully saturated rings. The standard InChI is InChI=1S/C24H34N8O2/c1-31(13-10-26-21-15-22(30-18-29-21)27-11-14-34-2)16-24(33)7-4-12-32(17-24)20-6-9-25-19-5-3-8-28-23(19)20/h3,5-6,8-9,15,18,33H,4,7,10-14,16-17H2,1-2H3,(H2,26,27,29,30). The maximum atomic E-state index is 11.4. The summed E-state index contributed by atoms with van der Waals surface area (Å²) >= 11 is 0. The first-order valence-corrected chi connectivity index (χ1v) is 11.7. The zero-order chi connectivity index (χ0) is 23.8. The normalized spacial score (nSPS) is 18.4. The molecule has 0 spiro atoms. The van der Waals surface area contributed by atoms with E-state index in [0.29, 0.717) is 32.8 Å². The van der Waals surface area contributed by atoms with Crippen LogP contribution in [0.25, 0.3) is 11.0 Å². The second-order valence-corrected chi connectivity index (χ2v) is 8.82. The Morgan fingerprint density at radius 2 is 1.94 bits per heavy atom. The van der Waals surface area contributed by atoms with Crippen LogP contribution in [0.1, 0.15) is 12.8 Å². The maximum absolute atomic E-state index is 11.4. The van der Waals surface area contributed by atoms with Gasteiger partial charge in [0.15, 0.2) is 0 Å². The molecule has 0 bridgehead atoms. The van der Waals surface area contributed by atoms with Gasteiger partial charge in [0.05, 0.1) is 23.4 Å². The van der Waals surface area contributed by atoms with Gasteiger partial charge in [-0.15, -0.1) is 0 Å². The number of rotatable bonds is 11. The van der Waals surface area contributed by atoms with Gasteiger partial charge < -0.3 is 30.3 Å². The fraction of sp³-hybridized carbons (Fsp3) is 0.500. The Hall–Kier alpha value is -3.08. The van der Waals surface area contributed by atoms with E-state index < -0.39 is 5.60 Å².